The Morgan fingerprint density at radius 2 is 1.90 bits per heavy atom. The molecule has 0 fully saturated rings. The fourth-order valence-corrected chi connectivity index (χ4v) is 0.561. The summed E-state index contributed by atoms with van der Waals surface area (Å²) in [6.07, 6.45) is -0.508. The molecule has 0 aliphatic rings. The van der Waals surface area contributed by atoms with E-state index in [0.29, 0.717) is 0 Å². The molecule has 0 heterocycles. The van der Waals surface area contributed by atoms with Crippen molar-refractivity contribution in [1.29, 1.82) is 0 Å². The summed E-state index contributed by atoms with van der Waals surface area (Å²) < 4.78 is 0. The summed E-state index contributed by atoms with van der Waals surface area (Å²) in [6, 6.07) is 0. The molecule has 0 saturated carbocycles. The van der Waals surface area contributed by atoms with Crippen molar-refractivity contribution in [3.8, 4) is 0 Å². The molecular weight excluding hydrogens is 132 g/mol. The lowest BCUT2D eigenvalue weighted by molar-refractivity contribution is 0.00916. The minimum atomic E-state index is -1.06. The highest BCUT2D eigenvalue weighted by Gasteiger charge is 2.10. The highest BCUT2D eigenvalue weighted by molar-refractivity contribution is 4.99. The van der Waals surface area contributed by atoms with Crippen LogP contribution in [0.5, 0.6) is 0 Å². The maximum Gasteiger partial charge on any atom is 0.106 e. The molecule has 0 bridgehead atoms. The number of hydrogen-bond acceptors (Lipinski definition) is 3. The van der Waals surface area contributed by atoms with Gasteiger partial charge in [0.2, 0.25) is 0 Å². The fraction of sp³-hybridized carbons (Fsp3) is 0.714. The van der Waals surface area contributed by atoms with E-state index in [1.54, 1.807) is 0 Å². The van der Waals surface area contributed by atoms with Gasteiger partial charge in [0, 0.05) is 0 Å². The van der Waals surface area contributed by atoms with Crippen molar-refractivity contribution in [2.75, 3.05) is 6.61 Å². The van der Waals surface area contributed by atoms with E-state index in [4.69, 9.17) is 15.3 Å². The second-order valence-electron chi connectivity index (χ2n) is 2.48. The van der Waals surface area contributed by atoms with E-state index < -0.39 is 18.8 Å². The third-order valence-corrected chi connectivity index (χ3v) is 1.09. The van der Waals surface area contributed by atoms with Crippen LogP contribution in [0, 0.1) is 0 Å². The Labute approximate surface area is 60.6 Å². The number of aliphatic hydroxyl groups excluding tert-OH is 3. The first kappa shape index (κ1) is 9.62. The van der Waals surface area contributed by atoms with Crippen LogP contribution in [0.2, 0.25) is 0 Å². The lowest BCUT2D eigenvalue weighted by atomic mass is 10.1. The zero-order valence-electron chi connectivity index (χ0n) is 6.28. The standard InChI is InChI=1S/C7H14O3/c1-5(2)3-6(9)7(10)4-8/h3,6-10H,4H2,1-2H3. The highest BCUT2D eigenvalue weighted by Crippen LogP contribution is 1.98. The predicted molar refractivity (Wildman–Crippen MR) is 38.5 cm³/mol. The van der Waals surface area contributed by atoms with E-state index in [-0.39, 0.29) is 0 Å². The molecule has 0 aliphatic carbocycles. The second kappa shape index (κ2) is 4.44. The van der Waals surface area contributed by atoms with Gasteiger partial charge in [-0.3, -0.25) is 0 Å². The topological polar surface area (TPSA) is 60.7 Å². The molecule has 0 spiro atoms. The third kappa shape index (κ3) is 3.61. The molecule has 2 unspecified atom stereocenters. The zero-order chi connectivity index (χ0) is 8.15. The van der Waals surface area contributed by atoms with E-state index in [1.165, 1.54) is 6.08 Å². The molecule has 0 aromatic carbocycles. The highest BCUT2D eigenvalue weighted by atomic mass is 16.4. The van der Waals surface area contributed by atoms with Crippen molar-refractivity contribution in [1.82, 2.24) is 0 Å². The molecular formula is C7H14O3. The summed E-state index contributed by atoms with van der Waals surface area (Å²) in [6.45, 7) is 3.21. The van der Waals surface area contributed by atoms with E-state index in [2.05, 4.69) is 0 Å². The lowest BCUT2D eigenvalue weighted by Crippen LogP contribution is -2.27. The minimum Gasteiger partial charge on any atom is -0.394 e. The van der Waals surface area contributed by atoms with Crippen molar-refractivity contribution in [3.63, 3.8) is 0 Å². The predicted octanol–water partition coefficient (Wildman–Crippen LogP) is -0.333. The van der Waals surface area contributed by atoms with Gasteiger partial charge < -0.3 is 15.3 Å². The molecule has 2 atom stereocenters. The molecule has 3 nitrogen and oxygen atoms in total. The molecule has 3 N–H and O–H groups in total. The monoisotopic (exact) mass is 146 g/mol. The van der Waals surface area contributed by atoms with Gasteiger partial charge in [-0.25, -0.2) is 0 Å². The molecule has 0 aromatic rings. The van der Waals surface area contributed by atoms with Crippen molar-refractivity contribution in [2.45, 2.75) is 26.1 Å². The quantitative estimate of drug-likeness (QED) is 0.478. The van der Waals surface area contributed by atoms with Crippen LogP contribution in [0.1, 0.15) is 13.8 Å². The van der Waals surface area contributed by atoms with Crippen molar-refractivity contribution in [2.24, 2.45) is 0 Å². The van der Waals surface area contributed by atoms with Crippen LogP contribution in [0.3, 0.4) is 0 Å². The van der Waals surface area contributed by atoms with Gasteiger partial charge in [-0.15, -0.1) is 0 Å². The molecule has 0 rings (SSSR count). The Balaban J connectivity index is 3.83. The van der Waals surface area contributed by atoms with Gasteiger partial charge in [0.25, 0.3) is 0 Å². The van der Waals surface area contributed by atoms with Crippen LogP contribution in [0.25, 0.3) is 0 Å². The molecule has 0 aromatic heterocycles. The Kier molecular flexibility index (Phi) is 4.27. The zero-order valence-corrected chi connectivity index (χ0v) is 6.28. The van der Waals surface area contributed by atoms with Crippen LogP contribution < -0.4 is 0 Å². The van der Waals surface area contributed by atoms with E-state index in [9.17, 15) is 0 Å². The molecule has 3 heteroatoms. The number of rotatable bonds is 3. The SMILES string of the molecule is CC(C)=CC(O)C(O)CO. The normalized spacial score (nSPS) is 16.1. The second-order valence-corrected chi connectivity index (χ2v) is 2.48. The van der Waals surface area contributed by atoms with Gasteiger partial charge in [0.05, 0.1) is 6.61 Å². The first-order valence-corrected chi connectivity index (χ1v) is 3.20. The number of aliphatic hydroxyl groups is 3. The first-order valence-electron chi connectivity index (χ1n) is 3.20. The largest absolute Gasteiger partial charge is 0.394 e. The first-order chi connectivity index (χ1) is 4.57. The van der Waals surface area contributed by atoms with Gasteiger partial charge in [0.1, 0.15) is 12.2 Å². The van der Waals surface area contributed by atoms with E-state index in [1.807, 2.05) is 13.8 Å². The molecule has 0 radical (unpaired) electrons. The van der Waals surface area contributed by atoms with Crippen LogP contribution in [-0.4, -0.2) is 34.1 Å². The van der Waals surface area contributed by atoms with Crippen LogP contribution >= 0.6 is 0 Å². The third-order valence-electron chi connectivity index (χ3n) is 1.09. The van der Waals surface area contributed by atoms with Gasteiger partial charge >= 0.3 is 0 Å². The van der Waals surface area contributed by atoms with Gasteiger partial charge in [-0.1, -0.05) is 11.6 Å². The van der Waals surface area contributed by atoms with Crippen LogP contribution in [0.15, 0.2) is 11.6 Å². The van der Waals surface area contributed by atoms with E-state index in [0.717, 1.165) is 5.57 Å². The summed E-state index contributed by atoms with van der Waals surface area (Å²) in [5, 5.41) is 26.2. The van der Waals surface area contributed by atoms with Crippen LogP contribution in [-0.2, 0) is 0 Å². The number of hydrogen-bond donors (Lipinski definition) is 3. The van der Waals surface area contributed by atoms with Gasteiger partial charge in [-0.2, -0.15) is 0 Å². The maximum absolute atomic E-state index is 9.00. The molecule has 0 amide bonds. The Bertz CT molecular complexity index is 116. The average Bonchev–Trinajstić information content (AvgIpc) is 1.85. The lowest BCUT2D eigenvalue weighted by Gasteiger charge is -2.11. The van der Waals surface area contributed by atoms with Crippen molar-refractivity contribution >= 4 is 0 Å². The van der Waals surface area contributed by atoms with Crippen molar-refractivity contribution in [3.05, 3.63) is 11.6 Å². The maximum atomic E-state index is 9.00. The fourth-order valence-electron chi connectivity index (χ4n) is 0.561. The van der Waals surface area contributed by atoms with Gasteiger partial charge in [0.15, 0.2) is 0 Å². The Morgan fingerprint density at radius 3 is 2.20 bits per heavy atom. The number of allylic oxidation sites excluding steroid dienone is 1. The molecule has 10 heavy (non-hydrogen) atoms. The molecule has 0 saturated heterocycles. The Morgan fingerprint density at radius 1 is 1.40 bits per heavy atom. The minimum absolute atomic E-state index is 0.412. The smallest absolute Gasteiger partial charge is 0.106 e. The average molecular weight is 146 g/mol. The van der Waals surface area contributed by atoms with E-state index >= 15 is 0 Å². The van der Waals surface area contributed by atoms with Crippen LogP contribution in [0.4, 0.5) is 0 Å². The summed E-state index contributed by atoms with van der Waals surface area (Å²) in [7, 11) is 0. The summed E-state index contributed by atoms with van der Waals surface area (Å²) in [5.74, 6) is 0. The summed E-state index contributed by atoms with van der Waals surface area (Å²) >= 11 is 0. The van der Waals surface area contributed by atoms with Crippen molar-refractivity contribution < 1.29 is 15.3 Å². The summed E-state index contributed by atoms with van der Waals surface area (Å²) in [5.41, 5.74) is 0.917. The Hall–Kier alpha value is -0.380. The summed E-state index contributed by atoms with van der Waals surface area (Å²) in [4.78, 5) is 0. The molecule has 0 aliphatic heterocycles. The molecule has 60 valence electrons. The van der Waals surface area contributed by atoms with Gasteiger partial charge in [-0.05, 0) is 13.8 Å².